The number of aromatic nitrogens is 15. The lowest BCUT2D eigenvalue weighted by atomic mass is 10.2. The molecule has 7 aromatic carbocycles. The minimum absolute atomic E-state index is 0.0587. The van der Waals surface area contributed by atoms with Gasteiger partial charge < -0.3 is 44.3 Å². The average Bonchev–Trinajstić information content (AvgIpc) is 1.63. The fraction of sp³-hybridized carbons (Fsp3) is 0.208. The van der Waals surface area contributed by atoms with Crippen LogP contribution in [-0.2, 0) is 37.5 Å². The van der Waals surface area contributed by atoms with E-state index in [1.807, 2.05) is 301 Å². The number of carbonyl (C=O) groups excluding carboxylic acids is 4. The maximum absolute atomic E-state index is 13.1. The third kappa shape index (κ3) is 23.8. The van der Waals surface area contributed by atoms with Gasteiger partial charge in [0.05, 0.1) is 38.3 Å². The van der Waals surface area contributed by atoms with Crippen molar-refractivity contribution >= 4 is 148 Å². The second-order valence-electron chi connectivity index (χ2n) is 31.8. The Labute approximate surface area is 761 Å². The van der Waals surface area contributed by atoms with Crippen molar-refractivity contribution in [3.63, 3.8) is 0 Å². The largest absolute Gasteiger partial charge is 0.487 e. The summed E-state index contributed by atoms with van der Waals surface area (Å²) in [6.07, 6.45) is -1.53. The highest BCUT2D eigenvalue weighted by molar-refractivity contribution is 9.08. The van der Waals surface area contributed by atoms with Gasteiger partial charge in [0, 0.05) is 70.2 Å². The Kier molecular flexibility index (Phi) is 29.2. The topological polar surface area (TPSA) is 314 Å². The third-order valence-electron chi connectivity index (χ3n) is 18.4. The van der Waals surface area contributed by atoms with E-state index < -0.39 is 35.1 Å². The van der Waals surface area contributed by atoms with Gasteiger partial charge in [-0.3, -0.25) is 4.79 Å². The number of H-pyrrole nitrogens is 2. The molecule has 26 nitrogen and oxygen atoms in total. The number of benzene rings is 7. The number of rotatable bonds is 16. The summed E-state index contributed by atoms with van der Waals surface area (Å²) in [5, 5.41) is 11.4. The Morgan fingerprint density at radius 2 is 0.717 bits per heavy atom. The van der Waals surface area contributed by atoms with Crippen molar-refractivity contribution in [2.45, 2.75) is 118 Å². The standard InChI is InChI=1S/C24H22ClN3O3.C23H23N5O2.C18H17BrClN3O2.C18H18ClN3O2.C13H10ClN3/c1-24(2,3)31-23(29)28-17(15-30-18-12-8-5-9-13-18)14-19-20(25)26-21(27-22(19)28)16-10-6-4-7-11-16;1-16(29)24-12-13-25-22-20-14-18(15-30-19-10-6-3-7-11-19)26-23(20)28-21(27-22)17-8-4-2-5-9-17;1-18(2,3)25-17(24)23-12(10-19)9-13-14(20)21-15(22-16(13)23)11-7-5-4-6-8-11;1-11-10-13-14(19)20-15(12-8-6-5-7-9-12)21-16(13)22(11)17(23)24-18(2,3)4;1-8-7-10-11(14)16-12(17-13(10)15-8)9-5-3-2-4-6-9/h4-14H,15H2,1-3H3;2-11,14H,12-13,15H2,1H3,(H,24,29)(H2,25,26,27,28);4-9H,10H2,1-3H3;5-10H,1-4H3;2-7H,1H3,(H,15,16,17). The van der Waals surface area contributed by atoms with Gasteiger partial charge in [-0.2, -0.15) is 0 Å². The SMILES string of the molecule is CC(=O)NCCNc1nc(-c2ccccc2)nc2[nH]c(COc3ccccc3)cc12.CC(C)(C)OC(=O)n1c(CBr)cc2c(Cl)nc(-c3ccccc3)nc21.CC(C)(C)OC(=O)n1c(COc2ccccc2)cc2c(Cl)nc(-c3ccccc3)nc21.Cc1cc2c(Cl)nc(-c3ccccc3)nc2[nH]1.Cc1cc2c(Cl)nc(-c3ccccc3)nc2n1C(=O)OC(C)(C)C. The zero-order valence-electron chi connectivity index (χ0n) is 71.5. The summed E-state index contributed by atoms with van der Waals surface area (Å²) in [5.74, 6) is 4.77. The van der Waals surface area contributed by atoms with Crippen LogP contribution in [-0.4, -0.2) is 128 Å². The van der Waals surface area contributed by atoms with Crippen LogP contribution in [0.25, 0.3) is 112 Å². The predicted octanol–water partition coefficient (Wildman–Crippen LogP) is 23.7. The summed E-state index contributed by atoms with van der Waals surface area (Å²) in [4.78, 5) is 101. The summed E-state index contributed by atoms with van der Waals surface area (Å²) in [5.41, 5.74) is 9.11. The van der Waals surface area contributed by atoms with Crippen LogP contribution in [0.4, 0.5) is 20.2 Å². The van der Waals surface area contributed by atoms with E-state index in [0.29, 0.717) is 131 Å². The number of halogens is 5. The Hall–Kier alpha value is -13.4. The monoisotopic (exact) mass is 1840 g/mol. The van der Waals surface area contributed by atoms with Gasteiger partial charge in [-0.25, -0.2) is 77.9 Å². The number of hydrogen-bond acceptors (Lipinski definition) is 20. The number of amides is 1. The lowest BCUT2D eigenvalue weighted by Gasteiger charge is -2.20. The molecule has 0 atom stereocenters. The Balaban J connectivity index is 0.000000137. The molecule has 4 N–H and O–H groups in total. The van der Waals surface area contributed by atoms with Crippen LogP contribution < -0.4 is 20.1 Å². The number of anilines is 1. The van der Waals surface area contributed by atoms with Crippen molar-refractivity contribution in [1.29, 1.82) is 0 Å². The van der Waals surface area contributed by atoms with Crippen LogP contribution >= 0.6 is 62.3 Å². The van der Waals surface area contributed by atoms with E-state index in [-0.39, 0.29) is 17.7 Å². The second kappa shape index (κ2) is 40.7. The van der Waals surface area contributed by atoms with Gasteiger partial charge in [-0.1, -0.05) is 250 Å². The van der Waals surface area contributed by atoms with E-state index in [4.69, 9.17) is 80.1 Å². The second-order valence-corrected chi connectivity index (χ2v) is 33.8. The average molecular weight is 1850 g/mol. The highest BCUT2D eigenvalue weighted by Gasteiger charge is 2.29. The van der Waals surface area contributed by atoms with Gasteiger partial charge in [0.25, 0.3) is 0 Å². The number of nitrogens with zero attached hydrogens (tertiary/aromatic N) is 13. The van der Waals surface area contributed by atoms with Crippen LogP contribution in [0.3, 0.4) is 0 Å². The van der Waals surface area contributed by atoms with Crippen LogP contribution in [0.15, 0.2) is 243 Å². The third-order valence-corrected chi connectivity index (χ3v) is 20.1. The summed E-state index contributed by atoms with van der Waals surface area (Å²) in [7, 11) is 0. The molecule has 127 heavy (non-hydrogen) atoms. The first-order valence-corrected chi connectivity index (χ1v) is 42.9. The van der Waals surface area contributed by atoms with Gasteiger partial charge >= 0.3 is 18.3 Å². The molecule has 648 valence electrons. The van der Waals surface area contributed by atoms with Crippen LogP contribution in [0.5, 0.6) is 11.5 Å². The van der Waals surface area contributed by atoms with Crippen molar-refractivity contribution in [2.75, 3.05) is 18.4 Å². The normalized spacial score (nSPS) is 11.3. The van der Waals surface area contributed by atoms with Crippen molar-refractivity contribution in [1.82, 2.24) is 78.8 Å². The fourth-order valence-corrected chi connectivity index (χ4v) is 14.1. The lowest BCUT2D eigenvalue weighted by molar-refractivity contribution is -0.118. The number of hydrogen-bond donors (Lipinski definition) is 4. The number of ether oxygens (including phenoxy) is 5. The van der Waals surface area contributed by atoms with Gasteiger partial charge in [-0.15, -0.1) is 0 Å². The van der Waals surface area contributed by atoms with Gasteiger partial charge in [-0.05, 0) is 131 Å². The van der Waals surface area contributed by atoms with E-state index in [2.05, 4.69) is 76.4 Å². The van der Waals surface area contributed by atoms with E-state index >= 15 is 0 Å². The van der Waals surface area contributed by atoms with Crippen LogP contribution in [0, 0.1) is 13.8 Å². The first-order valence-electron chi connectivity index (χ1n) is 40.3. The molecule has 0 unspecified atom stereocenters. The molecule has 0 radical (unpaired) electrons. The molecule has 31 heteroatoms. The maximum atomic E-state index is 13.1. The van der Waals surface area contributed by atoms with Crippen molar-refractivity contribution in [2.24, 2.45) is 0 Å². The molecule has 0 aliphatic heterocycles. The lowest BCUT2D eigenvalue weighted by Crippen LogP contribution is -2.28. The van der Waals surface area contributed by atoms with Crippen molar-refractivity contribution < 1.29 is 42.9 Å². The smallest absolute Gasteiger partial charge is 0.420 e. The highest BCUT2D eigenvalue weighted by Crippen LogP contribution is 2.35. The molecule has 0 bridgehead atoms. The number of carbonyl (C=O) groups is 4. The zero-order valence-corrected chi connectivity index (χ0v) is 76.1. The molecule has 0 saturated heterocycles. The van der Waals surface area contributed by atoms with Gasteiger partial charge in [0.2, 0.25) is 5.91 Å². The highest BCUT2D eigenvalue weighted by atomic mass is 79.9. The van der Waals surface area contributed by atoms with Crippen LogP contribution in [0.1, 0.15) is 97.7 Å². The number of alkyl halides is 1. The van der Waals surface area contributed by atoms with Crippen LogP contribution in [0.2, 0.25) is 20.6 Å². The first-order chi connectivity index (χ1) is 60.8. The number of para-hydroxylation sites is 2. The van der Waals surface area contributed by atoms with Crippen molar-refractivity contribution in [3.8, 4) is 68.4 Å². The molecule has 10 aromatic heterocycles. The predicted molar refractivity (Wildman–Crippen MR) is 503 cm³/mol. The number of fused-ring (bicyclic) bond motifs is 5. The molecular weight excluding hydrogens is 1760 g/mol. The Morgan fingerprint density at radius 3 is 1.12 bits per heavy atom. The zero-order chi connectivity index (χ0) is 90.3. The van der Waals surface area contributed by atoms with E-state index in [1.54, 1.807) is 18.2 Å². The molecule has 17 rings (SSSR count). The number of aryl methyl sites for hydroxylation is 2. The van der Waals surface area contributed by atoms with E-state index in [1.165, 1.54) is 20.6 Å². The molecule has 1 amide bonds. The molecule has 0 fully saturated rings. The number of nitrogens with one attached hydrogen (secondary N) is 4. The van der Waals surface area contributed by atoms with Gasteiger partial charge in [0.15, 0.2) is 46.1 Å². The quantitative estimate of drug-likeness (QED) is 0.0302. The summed E-state index contributed by atoms with van der Waals surface area (Å²) in [6, 6.07) is 76.4. The minimum Gasteiger partial charge on any atom is -0.487 e. The molecule has 10 heterocycles. The van der Waals surface area contributed by atoms with E-state index in [9.17, 15) is 19.2 Å². The van der Waals surface area contributed by atoms with Crippen molar-refractivity contribution in [3.05, 3.63) is 292 Å². The maximum Gasteiger partial charge on any atom is 0.420 e. The van der Waals surface area contributed by atoms with Gasteiger partial charge in [0.1, 0.15) is 79.2 Å². The number of aromatic amines is 2. The molecular formula is C96H90BrCl4N17O9. The Morgan fingerprint density at radius 1 is 0.378 bits per heavy atom. The summed E-state index contributed by atoms with van der Waals surface area (Å²) < 4.78 is 32.6. The minimum atomic E-state index is -0.676. The Bertz CT molecular complexity index is 6730. The van der Waals surface area contributed by atoms with E-state index in [0.717, 1.165) is 67.0 Å². The fourth-order valence-electron chi connectivity index (χ4n) is 12.9. The summed E-state index contributed by atoms with van der Waals surface area (Å²) in [6.45, 7) is 23.3. The first kappa shape index (κ1) is 91.3. The molecule has 0 saturated carbocycles. The molecule has 0 spiro atoms. The molecule has 0 aliphatic carbocycles. The molecule has 0 aliphatic rings. The molecule has 17 aromatic rings. The summed E-state index contributed by atoms with van der Waals surface area (Å²) >= 11 is 28.7.